The van der Waals surface area contributed by atoms with Crippen molar-refractivity contribution < 1.29 is 4.79 Å². The number of nitrogens with one attached hydrogen (secondary N) is 2. The van der Waals surface area contributed by atoms with Crippen LogP contribution in [-0.2, 0) is 0 Å². The molecule has 82 valence electrons. The number of carbonyl (C=O) groups is 1. The Morgan fingerprint density at radius 3 is 2.87 bits per heavy atom. The molecule has 1 aromatic heterocycles. The molecule has 0 fully saturated rings. The number of hydrogen-bond donors (Lipinski definition) is 2. The third kappa shape index (κ3) is 3.58. The summed E-state index contributed by atoms with van der Waals surface area (Å²) < 4.78 is 0. The van der Waals surface area contributed by atoms with E-state index in [4.69, 9.17) is 0 Å². The first-order valence-electron chi connectivity index (χ1n) is 5.07. The summed E-state index contributed by atoms with van der Waals surface area (Å²) in [5.41, 5.74) is -0.180. The second-order valence-electron chi connectivity index (χ2n) is 3.85. The van der Waals surface area contributed by atoms with E-state index in [2.05, 4.69) is 24.1 Å². The Morgan fingerprint density at radius 1 is 1.53 bits per heavy atom. The van der Waals surface area contributed by atoms with Gasteiger partial charge in [-0.05, 0) is 24.5 Å². The summed E-state index contributed by atoms with van der Waals surface area (Å²) in [4.78, 5) is 25.2. The van der Waals surface area contributed by atoms with Crippen molar-refractivity contribution in [3.05, 3.63) is 34.2 Å². The number of H-pyrrole nitrogens is 1. The standard InChI is InChI=1S/C11H16N2O2/c1-8(2)5-7-13-11(15)9-4-3-6-12-10(9)14/h3-4,6,8H,5,7H2,1-2H3,(H,12,14)(H,13,15). The van der Waals surface area contributed by atoms with E-state index in [1.807, 2.05) is 0 Å². The van der Waals surface area contributed by atoms with Gasteiger partial charge >= 0.3 is 0 Å². The van der Waals surface area contributed by atoms with Gasteiger partial charge in [-0.2, -0.15) is 0 Å². The van der Waals surface area contributed by atoms with E-state index in [1.54, 1.807) is 6.07 Å². The van der Waals surface area contributed by atoms with E-state index in [1.165, 1.54) is 12.3 Å². The van der Waals surface area contributed by atoms with Crippen LogP contribution in [-0.4, -0.2) is 17.4 Å². The second-order valence-corrected chi connectivity index (χ2v) is 3.85. The molecule has 0 spiro atoms. The van der Waals surface area contributed by atoms with E-state index in [0.717, 1.165) is 6.42 Å². The molecule has 1 rings (SSSR count). The maximum Gasteiger partial charge on any atom is 0.260 e. The van der Waals surface area contributed by atoms with E-state index in [9.17, 15) is 9.59 Å². The number of amides is 1. The minimum atomic E-state index is -0.348. The summed E-state index contributed by atoms with van der Waals surface area (Å²) >= 11 is 0. The summed E-state index contributed by atoms with van der Waals surface area (Å²) in [5.74, 6) is 0.233. The van der Waals surface area contributed by atoms with Crippen molar-refractivity contribution in [3.8, 4) is 0 Å². The summed E-state index contributed by atoms with van der Waals surface area (Å²) in [6.07, 6.45) is 2.42. The van der Waals surface area contributed by atoms with Crippen LogP contribution >= 0.6 is 0 Å². The van der Waals surface area contributed by atoms with Crippen LogP contribution in [0.4, 0.5) is 0 Å². The quantitative estimate of drug-likeness (QED) is 0.779. The van der Waals surface area contributed by atoms with Gasteiger partial charge in [-0.25, -0.2) is 0 Å². The molecule has 0 aliphatic heterocycles. The van der Waals surface area contributed by atoms with Crippen molar-refractivity contribution in [3.63, 3.8) is 0 Å². The van der Waals surface area contributed by atoms with Crippen LogP contribution in [0.5, 0.6) is 0 Å². The monoisotopic (exact) mass is 208 g/mol. The van der Waals surface area contributed by atoms with E-state index >= 15 is 0 Å². The smallest absolute Gasteiger partial charge is 0.260 e. The van der Waals surface area contributed by atoms with Crippen LogP contribution < -0.4 is 10.9 Å². The Balaban J connectivity index is 2.55. The van der Waals surface area contributed by atoms with Gasteiger partial charge in [-0.15, -0.1) is 0 Å². The molecular weight excluding hydrogens is 192 g/mol. The SMILES string of the molecule is CC(C)CCNC(=O)c1ccc[nH]c1=O. The molecule has 0 aliphatic rings. The zero-order valence-corrected chi connectivity index (χ0v) is 9.04. The van der Waals surface area contributed by atoms with Gasteiger partial charge in [0.15, 0.2) is 0 Å². The molecule has 1 heterocycles. The number of pyridine rings is 1. The molecule has 2 N–H and O–H groups in total. The van der Waals surface area contributed by atoms with Crippen LogP contribution in [0.25, 0.3) is 0 Å². The van der Waals surface area contributed by atoms with Gasteiger partial charge in [0.05, 0.1) is 0 Å². The molecule has 0 radical (unpaired) electrons. The first-order chi connectivity index (χ1) is 7.11. The van der Waals surface area contributed by atoms with Crippen LogP contribution in [0.1, 0.15) is 30.6 Å². The Kier molecular flexibility index (Phi) is 4.09. The van der Waals surface area contributed by atoms with E-state index < -0.39 is 0 Å². The van der Waals surface area contributed by atoms with Gasteiger partial charge < -0.3 is 10.3 Å². The zero-order valence-electron chi connectivity index (χ0n) is 9.04. The Labute approximate surface area is 88.7 Å². The Morgan fingerprint density at radius 2 is 2.27 bits per heavy atom. The molecule has 0 saturated heterocycles. The molecule has 15 heavy (non-hydrogen) atoms. The fourth-order valence-electron chi connectivity index (χ4n) is 1.17. The molecule has 0 aliphatic carbocycles. The number of aromatic nitrogens is 1. The molecule has 1 aromatic rings. The normalized spacial score (nSPS) is 10.3. The van der Waals surface area contributed by atoms with Gasteiger partial charge in [-0.1, -0.05) is 13.8 Å². The molecular formula is C11H16N2O2. The molecule has 0 bridgehead atoms. The highest BCUT2D eigenvalue weighted by Gasteiger charge is 2.08. The van der Waals surface area contributed by atoms with Crippen LogP contribution in [0.3, 0.4) is 0 Å². The largest absolute Gasteiger partial charge is 0.352 e. The predicted molar refractivity (Wildman–Crippen MR) is 58.9 cm³/mol. The summed E-state index contributed by atoms with van der Waals surface area (Å²) in [6.45, 7) is 4.77. The van der Waals surface area contributed by atoms with Crippen LogP contribution in [0, 0.1) is 5.92 Å². The Bertz CT molecular complexity index is 382. The lowest BCUT2D eigenvalue weighted by atomic mass is 10.1. The average Bonchev–Trinajstić information content (AvgIpc) is 2.17. The predicted octanol–water partition coefficient (Wildman–Crippen LogP) is 1.15. The van der Waals surface area contributed by atoms with Crippen molar-refractivity contribution in [2.45, 2.75) is 20.3 Å². The first-order valence-corrected chi connectivity index (χ1v) is 5.07. The average molecular weight is 208 g/mol. The highest BCUT2D eigenvalue weighted by atomic mass is 16.2. The summed E-state index contributed by atoms with van der Waals surface area (Å²) in [7, 11) is 0. The molecule has 1 amide bonds. The molecule has 0 atom stereocenters. The van der Waals surface area contributed by atoms with Gasteiger partial charge in [0, 0.05) is 12.7 Å². The minimum Gasteiger partial charge on any atom is -0.352 e. The van der Waals surface area contributed by atoms with E-state index in [0.29, 0.717) is 12.5 Å². The lowest BCUT2D eigenvalue weighted by molar-refractivity contribution is 0.0950. The fraction of sp³-hybridized carbons (Fsp3) is 0.455. The third-order valence-corrected chi connectivity index (χ3v) is 2.07. The maximum absolute atomic E-state index is 11.5. The highest BCUT2D eigenvalue weighted by molar-refractivity contribution is 5.93. The number of carbonyl (C=O) groups excluding carboxylic acids is 1. The molecule has 0 saturated carbocycles. The summed E-state index contributed by atoms with van der Waals surface area (Å²) in [6, 6.07) is 3.16. The van der Waals surface area contributed by atoms with Gasteiger partial charge in [-0.3, -0.25) is 9.59 Å². The van der Waals surface area contributed by atoms with Gasteiger partial charge in [0.25, 0.3) is 11.5 Å². The lowest BCUT2D eigenvalue weighted by Gasteiger charge is -2.06. The van der Waals surface area contributed by atoms with Gasteiger partial charge in [0.2, 0.25) is 0 Å². The van der Waals surface area contributed by atoms with Crippen molar-refractivity contribution >= 4 is 5.91 Å². The lowest BCUT2D eigenvalue weighted by Crippen LogP contribution is -2.30. The molecule has 0 aromatic carbocycles. The highest BCUT2D eigenvalue weighted by Crippen LogP contribution is 1.97. The Hall–Kier alpha value is -1.58. The van der Waals surface area contributed by atoms with Crippen LogP contribution in [0.2, 0.25) is 0 Å². The van der Waals surface area contributed by atoms with Crippen LogP contribution in [0.15, 0.2) is 23.1 Å². The first kappa shape index (κ1) is 11.5. The fourth-order valence-corrected chi connectivity index (χ4v) is 1.17. The number of hydrogen-bond acceptors (Lipinski definition) is 2. The zero-order chi connectivity index (χ0) is 11.3. The maximum atomic E-state index is 11.5. The number of aromatic amines is 1. The van der Waals surface area contributed by atoms with Crippen molar-refractivity contribution in [2.75, 3.05) is 6.54 Å². The summed E-state index contributed by atoms with van der Waals surface area (Å²) in [5, 5.41) is 2.71. The second kappa shape index (κ2) is 5.34. The number of rotatable bonds is 4. The molecule has 0 unspecified atom stereocenters. The van der Waals surface area contributed by atoms with Crippen molar-refractivity contribution in [2.24, 2.45) is 5.92 Å². The van der Waals surface area contributed by atoms with E-state index in [-0.39, 0.29) is 17.0 Å². The van der Waals surface area contributed by atoms with Gasteiger partial charge in [0.1, 0.15) is 5.56 Å². The third-order valence-electron chi connectivity index (χ3n) is 2.07. The topological polar surface area (TPSA) is 62.0 Å². The molecule has 4 heteroatoms. The molecule has 4 nitrogen and oxygen atoms in total. The minimum absolute atomic E-state index is 0.168. The van der Waals surface area contributed by atoms with Crippen molar-refractivity contribution in [1.29, 1.82) is 0 Å². The van der Waals surface area contributed by atoms with Crippen molar-refractivity contribution in [1.82, 2.24) is 10.3 Å².